The standard InChI is InChI=1S/C12H10Si.2C9H11.2ClH.Zr/c1-3-7-11(8-4-1)13-12-9-5-2-6-10-12;2*1-2-5-9-7-3-6-8(9)4-1;;;/h1-10H;2*1-2,4-6,8-9H,3,7H2;2*1H;/q;;;;;+2/p-2. The van der Waals surface area contributed by atoms with Gasteiger partial charge in [0, 0.05) is 0 Å². The van der Waals surface area contributed by atoms with Gasteiger partial charge in [0.25, 0.3) is 0 Å². The molecule has 6 unspecified atom stereocenters. The molecule has 6 rings (SSSR count). The first kappa shape index (κ1) is 26.2. The van der Waals surface area contributed by atoms with Crippen LogP contribution in [-0.2, 0) is 20.4 Å². The molecule has 174 valence electrons. The molecule has 0 saturated heterocycles. The second kappa shape index (κ2) is 11.9. The average molecular weight is 583 g/mol. The predicted octanol–water partition coefficient (Wildman–Crippen LogP) is 0.300. The van der Waals surface area contributed by atoms with Crippen LogP contribution in [-0.4, -0.2) is 5.43 Å². The van der Waals surface area contributed by atoms with E-state index in [1.165, 1.54) is 25.7 Å². The van der Waals surface area contributed by atoms with E-state index in [-0.39, 0.29) is 24.8 Å². The Kier molecular flexibility index (Phi) is 9.14. The van der Waals surface area contributed by atoms with Gasteiger partial charge in [-0.1, -0.05) is 0 Å². The van der Waals surface area contributed by atoms with Crippen molar-refractivity contribution in [3.8, 4) is 0 Å². The molecule has 0 aromatic heterocycles. The van der Waals surface area contributed by atoms with Gasteiger partial charge in [0.2, 0.25) is 0 Å². The van der Waals surface area contributed by atoms with Gasteiger partial charge in [0.15, 0.2) is 0 Å². The van der Waals surface area contributed by atoms with Gasteiger partial charge >= 0.3 is 202 Å². The molecule has 0 N–H and O–H groups in total. The summed E-state index contributed by atoms with van der Waals surface area (Å²) in [7, 11) is 0. The Hall–Kier alpha value is -0.920. The summed E-state index contributed by atoms with van der Waals surface area (Å²) in [4.78, 5) is 0. The molecule has 2 fully saturated rings. The first-order valence-corrected chi connectivity index (χ1v) is 20.5. The normalized spacial score (nSPS) is 29.9. The van der Waals surface area contributed by atoms with Gasteiger partial charge in [-0.05, 0) is 0 Å². The van der Waals surface area contributed by atoms with Gasteiger partial charge in [-0.2, -0.15) is 0 Å². The maximum atomic E-state index is 2.61. The molecule has 2 saturated carbocycles. The SMILES string of the molecule is C1=CC2CC[CH]([Zr+2]([CH]3CCC4C=CC=CC43)=[Si](c3ccccc3)c3ccccc3)C2C=C1.[Cl-].[Cl-]. The third-order valence-corrected chi connectivity index (χ3v) is 30.9. The van der Waals surface area contributed by atoms with Crippen LogP contribution in [0.4, 0.5) is 0 Å². The summed E-state index contributed by atoms with van der Waals surface area (Å²) in [6.45, 7) is 0. The summed E-state index contributed by atoms with van der Waals surface area (Å²) in [6.07, 6.45) is 25.4. The number of allylic oxidation sites excluding steroid dienone is 8. The van der Waals surface area contributed by atoms with Crippen molar-refractivity contribution in [1.29, 1.82) is 0 Å². The summed E-state index contributed by atoms with van der Waals surface area (Å²) in [6, 6.07) is 23.5. The van der Waals surface area contributed by atoms with Gasteiger partial charge < -0.3 is 24.8 Å². The number of halogens is 2. The number of fused-ring (bicyclic) bond motifs is 2. The van der Waals surface area contributed by atoms with Crippen LogP contribution in [0.15, 0.2) is 109 Å². The van der Waals surface area contributed by atoms with Crippen LogP contribution in [0.3, 0.4) is 0 Å². The van der Waals surface area contributed by atoms with Crippen LogP contribution in [0.5, 0.6) is 0 Å². The fourth-order valence-electron chi connectivity index (χ4n) is 6.99. The Labute approximate surface area is 225 Å². The number of hydrogen-bond acceptors (Lipinski definition) is 0. The van der Waals surface area contributed by atoms with Crippen molar-refractivity contribution in [3.05, 3.63) is 109 Å². The molecule has 0 spiro atoms. The van der Waals surface area contributed by atoms with Crippen molar-refractivity contribution in [2.75, 3.05) is 0 Å². The maximum Gasteiger partial charge on any atom is -1.00 e. The zero-order valence-corrected chi connectivity index (χ0v) is 24.4. The number of benzene rings is 2. The molecule has 4 aliphatic rings. The van der Waals surface area contributed by atoms with E-state index in [2.05, 4.69) is 109 Å². The summed E-state index contributed by atoms with van der Waals surface area (Å²) in [5, 5.41) is 3.38. The van der Waals surface area contributed by atoms with Crippen molar-refractivity contribution in [2.45, 2.75) is 32.9 Å². The third kappa shape index (κ3) is 4.99. The largest absolute Gasteiger partial charge is 1.00 e. The summed E-state index contributed by atoms with van der Waals surface area (Å²) in [5.41, 5.74) is -0.722. The molecule has 4 aliphatic carbocycles. The fourth-order valence-corrected chi connectivity index (χ4v) is 34.1. The van der Waals surface area contributed by atoms with E-state index in [0.29, 0.717) is 0 Å². The smallest absolute Gasteiger partial charge is 1.00 e. The van der Waals surface area contributed by atoms with Gasteiger partial charge in [-0.25, -0.2) is 0 Å². The van der Waals surface area contributed by atoms with Crippen LogP contribution in [0.25, 0.3) is 0 Å². The first-order chi connectivity index (χ1) is 15.9. The topological polar surface area (TPSA) is 0 Å². The molecule has 0 nitrogen and oxygen atoms in total. The van der Waals surface area contributed by atoms with Crippen LogP contribution in [0.2, 0.25) is 7.25 Å². The average Bonchev–Trinajstić information content (AvgIpc) is 3.48. The van der Waals surface area contributed by atoms with E-state index in [1.54, 1.807) is 10.4 Å². The Balaban J connectivity index is 0.00000137. The number of hydrogen-bond donors (Lipinski definition) is 0. The van der Waals surface area contributed by atoms with E-state index in [0.717, 1.165) is 30.9 Å². The molecular formula is C30H32Cl2SiZr. The zero-order valence-electron chi connectivity index (χ0n) is 19.4. The van der Waals surface area contributed by atoms with Crippen molar-refractivity contribution >= 4 is 15.8 Å². The quantitative estimate of drug-likeness (QED) is 0.456. The zero-order chi connectivity index (χ0) is 21.3. The Morgan fingerprint density at radius 3 is 1.38 bits per heavy atom. The number of rotatable bonds is 4. The second-order valence-electron chi connectivity index (χ2n) is 9.95. The molecule has 6 atom stereocenters. The van der Waals surface area contributed by atoms with Crippen molar-refractivity contribution in [1.82, 2.24) is 0 Å². The Morgan fingerprint density at radius 1 is 0.529 bits per heavy atom. The van der Waals surface area contributed by atoms with Crippen molar-refractivity contribution in [3.63, 3.8) is 0 Å². The van der Waals surface area contributed by atoms with Gasteiger partial charge in [0.1, 0.15) is 0 Å². The van der Waals surface area contributed by atoms with Crippen LogP contribution >= 0.6 is 0 Å². The molecule has 4 heteroatoms. The van der Waals surface area contributed by atoms with Crippen LogP contribution in [0, 0.1) is 23.7 Å². The second-order valence-corrected chi connectivity index (χ2v) is 24.8. The molecule has 2 aromatic rings. The monoisotopic (exact) mass is 580 g/mol. The van der Waals surface area contributed by atoms with E-state index in [1.807, 2.05) is 0 Å². The minimum absolute atomic E-state index is 0. The Morgan fingerprint density at radius 2 is 0.941 bits per heavy atom. The molecule has 0 amide bonds. The first-order valence-electron chi connectivity index (χ1n) is 12.4. The molecule has 0 heterocycles. The third-order valence-electron chi connectivity index (χ3n) is 8.36. The minimum atomic E-state index is -1.97. The Bertz CT molecular complexity index is 1030. The molecule has 34 heavy (non-hydrogen) atoms. The van der Waals surface area contributed by atoms with Crippen molar-refractivity contribution in [2.24, 2.45) is 23.7 Å². The molecule has 2 aromatic carbocycles. The maximum absolute atomic E-state index is 2.61. The fraction of sp³-hybridized carbons (Fsp3) is 0.333. The summed E-state index contributed by atoms with van der Waals surface area (Å²) < 4.78 is 1.97. The molecule has 0 radical (unpaired) electrons. The summed E-state index contributed by atoms with van der Waals surface area (Å²) in [5.74, 6) is 3.22. The van der Waals surface area contributed by atoms with Gasteiger partial charge in [0.05, 0.1) is 0 Å². The van der Waals surface area contributed by atoms with Crippen molar-refractivity contribution < 1.29 is 45.2 Å². The summed E-state index contributed by atoms with van der Waals surface area (Å²) >= 11 is -1.97. The molecule has 0 aliphatic heterocycles. The van der Waals surface area contributed by atoms with E-state index in [4.69, 9.17) is 0 Å². The van der Waals surface area contributed by atoms with Gasteiger partial charge in [-0.3, -0.25) is 0 Å². The van der Waals surface area contributed by atoms with Crippen LogP contribution < -0.4 is 35.2 Å². The van der Waals surface area contributed by atoms with E-state index < -0.39 is 25.8 Å². The predicted molar refractivity (Wildman–Crippen MR) is 134 cm³/mol. The van der Waals surface area contributed by atoms with E-state index >= 15 is 0 Å². The van der Waals surface area contributed by atoms with E-state index in [9.17, 15) is 0 Å². The molecular weight excluding hydrogens is 551 g/mol. The van der Waals surface area contributed by atoms with Crippen LogP contribution in [0.1, 0.15) is 25.7 Å². The minimum Gasteiger partial charge on any atom is -1.00 e. The van der Waals surface area contributed by atoms with Gasteiger partial charge in [-0.15, -0.1) is 0 Å². The molecule has 0 bridgehead atoms.